The normalized spacial score (nSPS) is 12.5. The van der Waals surface area contributed by atoms with Crippen LogP contribution < -0.4 is 10.6 Å². The fourth-order valence-electron chi connectivity index (χ4n) is 2.82. The molecule has 2 aromatic carbocycles. The van der Waals surface area contributed by atoms with Crippen molar-refractivity contribution in [3.63, 3.8) is 0 Å². The minimum absolute atomic E-state index is 0.0256. The Morgan fingerprint density at radius 2 is 1.52 bits per heavy atom. The lowest BCUT2D eigenvalue weighted by Gasteiger charge is -2.17. The van der Waals surface area contributed by atoms with E-state index in [4.69, 9.17) is 16.3 Å². The summed E-state index contributed by atoms with van der Waals surface area (Å²) in [7, 11) is 1.27. The predicted octanol–water partition coefficient (Wildman–Crippen LogP) is 3.20. The summed E-state index contributed by atoms with van der Waals surface area (Å²) in [6, 6.07) is 15.6. The third kappa shape index (κ3) is 7.58. The van der Waals surface area contributed by atoms with Gasteiger partial charge in [0.2, 0.25) is 11.8 Å². The van der Waals surface area contributed by atoms with Crippen LogP contribution in [0.2, 0.25) is 5.02 Å². The van der Waals surface area contributed by atoms with E-state index in [1.54, 1.807) is 24.3 Å². The van der Waals surface area contributed by atoms with Crippen molar-refractivity contribution in [1.82, 2.24) is 10.6 Å². The van der Waals surface area contributed by atoms with Gasteiger partial charge in [0.15, 0.2) is 0 Å². The summed E-state index contributed by atoms with van der Waals surface area (Å²) in [6.45, 7) is 1.88. The van der Waals surface area contributed by atoms with Gasteiger partial charge in [-0.3, -0.25) is 9.59 Å². The molecule has 0 unspecified atom stereocenters. The molecule has 0 aliphatic rings. The summed E-state index contributed by atoms with van der Waals surface area (Å²) in [5.41, 5.74) is 1.82. The molecule has 0 aliphatic heterocycles. The molecular formula is C22H25ClN2O4. The lowest BCUT2D eigenvalue weighted by Crippen LogP contribution is -2.43. The first-order chi connectivity index (χ1) is 13.9. The highest BCUT2D eigenvalue weighted by molar-refractivity contribution is 6.30. The van der Waals surface area contributed by atoms with Crippen molar-refractivity contribution in [2.24, 2.45) is 0 Å². The fourth-order valence-corrected chi connectivity index (χ4v) is 2.95. The van der Waals surface area contributed by atoms with E-state index in [2.05, 4.69) is 10.6 Å². The number of hydrogen-bond acceptors (Lipinski definition) is 4. The van der Waals surface area contributed by atoms with E-state index in [0.717, 1.165) is 11.1 Å². The molecule has 29 heavy (non-hydrogen) atoms. The largest absolute Gasteiger partial charge is 0.467 e. The molecular weight excluding hydrogens is 392 g/mol. The quantitative estimate of drug-likeness (QED) is 0.615. The van der Waals surface area contributed by atoms with Crippen LogP contribution in [0.5, 0.6) is 0 Å². The molecule has 2 N–H and O–H groups in total. The number of ether oxygens (including phenoxy) is 1. The van der Waals surface area contributed by atoms with E-state index in [1.165, 1.54) is 7.11 Å². The maximum atomic E-state index is 12.3. The monoisotopic (exact) mass is 416 g/mol. The topological polar surface area (TPSA) is 84.5 Å². The number of rotatable bonds is 9. The fraction of sp³-hybridized carbons (Fsp3) is 0.318. The molecule has 2 amide bonds. The number of halogens is 1. The Morgan fingerprint density at radius 3 is 2.10 bits per heavy atom. The maximum absolute atomic E-state index is 12.3. The Balaban J connectivity index is 1.85. The van der Waals surface area contributed by atoms with Gasteiger partial charge in [0.25, 0.3) is 0 Å². The van der Waals surface area contributed by atoms with Gasteiger partial charge in [-0.05, 0) is 30.2 Å². The maximum Gasteiger partial charge on any atom is 0.328 e. The molecule has 2 atom stereocenters. The van der Waals surface area contributed by atoms with Crippen LogP contribution in [-0.4, -0.2) is 30.9 Å². The third-order valence-electron chi connectivity index (χ3n) is 4.43. The van der Waals surface area contributed by atoms with Crippen LogP contribution in [0.1, 0.15) is 36.9 Å². The Hall–Kier alpha value is -2.86. The molecule has 0 radical (unpaired) electrons. The summed E-state index contributed by atoms with van der Waals surface area (Å²) in [5.74, 6) is -1.17. The number of esters is 1. The van der Waals surface area contributed by atoms with E-state index in [-0.39, 0.29) is 31.2 Å². The van der Waals surface area contributed by atoms with Crippen LogP contribution in [0.15, 0.2) is 54.6 Å². The van der Waals surface area contributed by atoms with Crippen molar-refractivity contribution in [3.05, 3.63) is 70.7 Å². The Morgan fingerprint density at radius 1 is 0.931 bits per heavy atom. The van der Waals surface area contributed by atoms with Gasteiger partial charge in [-0.2, -0.15) is 0 Å². The first kappa shape index (κ1) is 22.4. The number of carbonyl (C=O) groups excluding carboxylic acids is 3. The number of amides is 2. The first-order valence-electron chi connectivity index (χ1n) is 9.35. The average molecular weight is 417 g/mol. The second kappa shape index (κ2) is 11.2. The molecule has 0 aromatic heterocycles. The highest BCUT2D eigenvalue weighted by atomic mass is 35.5. The zero-order valence-corrected chi connectivity index (χ0v) is 17.2. The molecule has 7 heteroatoms. The van der Waals surface area contributed by atoms with E-state index in [9.17, 15) is 14.4 Å². The molecule has 0 heterocycles. The van der Waals surface area contributed by atoms with Gasteiger partial charge in [-0.1, -0.05) is 54.1 Å². The summed E-state index contributed by atoms with van der Waals surface area (Å²) in [6.07, 6.45) is 0.270. The Kier molecular flexibility index (Phi) is 8.68. The highest BCUT2D eigenvalue weighted by Crippen LogP contribution is 2.13. The van der Waals surface area contributed by atoms with Crippen LogP contribution in [0.3, 0.4) is 0 Å². The summed E-state index contributed by atoms with van der Waals surface area (Å²) >= 11 is 5.87. The second-order valence-electron chi connectivity index (χ2n) is 6.67. The van der Waals surface area contributed by atoms with Crippen LogP contribution in [0, 0.1) is 0 Å². The molecule has 0 fully saturated rings. The van der Waals surface area contributed by atoms with E-state index < -0.39 is 17.9 Å². The average Bonchev–Trinajstić information content (AvgIpc) is 2.73. The molecule has 0 aliphatic carbocycles. The zero-order valence-electron chi connectivity index (χ0n) is 16.5. The van der Waals surface area contributed by atoms with Crippen molar-refractivity contribution in [3.8, 4) is 0 Å². The molecule has 0 spiro atoms. The van der Waals surface area contributed by atoms with Gasteiger partial charge in [0.1, 0.15) is 6.04 Å². The highest BCUT2D eigenvalue weighted by Gasteiger charge is 2.22. The number of carbonyl (C=O) groups is 3. The van der Waals surface area contributed by atoms with Gasteiger partial charge in [-0.25, -0.2) is 4.79 Å². The van der Waals surface area contributed by atoms with Crippen molar-refractivity contribution in [2.75, 3.05) is 7.11 Å². The van der Waals surface area contributed by atoms with Gasteiger partial charge in [0.05, 0.1) is 13.2 Å². The number of nitrogens with one attached hydrogen (secondary N) is 2. The van der Waals surface area contributed by atoms with E-state index in [0.29, 0.717) is 5.02 Å². The number of benzene rings is 2. The molecule has 154 valence electrons. The second-order valence-corrected chi connectivity index (χ2v) is 7.11. The van der Waals surface area contributed by atoms with Crippen LogP contribution in [0.25, 0.3) is 0 Å². The summed E-state index contributed by atoms with van der Waals surface area (Å²) in [5, 5.41) is 6.09. The van der Waals surface area contributed by atoms with E-state index >= 15 is 0 Å². The molecule has 0 saturated heterocycles. The molecule has 2 rings (SSSR count). The summed E-state index contributed by atoms with van der Waals surface area (Å²) in [4.78, 5) is 36.4. The Labute approximate surface area is 175 Å². The van der Waals surface area contributed by atoms with Crippen LogP contribution >= 0.6 is 11.6 Å². The Bertz CT molecular complexity index is 824. The van der Waals surface area contributed by atoms with Gasteiger partial charge in [0, 0.05) is 24.3 Å². The third-order valence-corrected chi connectivity index (χ3v) is 4.68. The lowest BCUT2D eigenvalue weighted by molar-refractivity contribution is -0.145. The zero-order chi connectivity index (χ0) is 21.2. The van der Waals surface area contributed by atoms with Crippen molar-refractivity contribution < 1.29 is 19.1 Å². The smallest absolute Gasteiger partial charge is 0.328 e. The minimum atomic E-state index is -0.833. The lowest BCUT2D eigenvalue weighted by atomic mass is 10.1. The van der Waals surface area contributed by atoms with Gasteiger partial charge < -0.3 is 15.4 Å². The number of methoxy groups -OCH3 is 1. The molecule has 2 aromatic rings. The summed E-state index contributed by atoms with van der Waals surface area (Å²) < 4.78 is 4.78. The van der Waals surface area contributed by atoms with Crippen molar-refractivity contribution in [2.45, 2.75) is 38.3 Å². The predicted molar refractivity (Wildman–Crippen MR) is 111 cm³/mol. The standard InChI is InChI=1S/C22H25ClN2O4/c1-15(17-6-4-3-5-7-17)24-20(26)12-13-21(27)25-19(22(28)29-2)14-16-8-10-18(23)11-9-16/h3-11,15,19H,12-14H2,1-2H3,(H,24,26)(H,25,27)/t15-,19+/m1/s1. The van der Waals surface area contributed by atoms with Crippen LogP contribution in [-0.2, 0) is 25.5 Å². The minimum Gasteiger partial charge on any atom is -0.467 e. The SMILES string of the molecule is COC(=O)[C@H](Cc1ccc(Cl)cc1)NC(=O)CCC(=O)N[C@H](C)c1ccccc1. The number of hydrogen-bond donors (Lipinski definition) is 2. The van der Waals surface area contributed by atoms with Crippen molar-refractivity contribution in [1.29, 1.82) is 0 Å². The van der Waals surface area contributed by atoms with Gasteiger partial charge in [-0.15, -0.1) is 0 Å². The molecule has 0 saturated carbocycles. The van der Waals surface area contributed by atoms with E-state index in [1.807, 2.05) is 37.3 Å². The first-order valence-corrected chi connectivity index (χ1v) is 9.72. The van der Waals surface area contributed by atoms with Gasteiger partial charge >= 0.3 is 5.97 Å². The molecule has 0 bridgehead atoms. The van der Waals surface area contributed by atoms with Crippen LogP contribution in [0.4, 0.5) is 0 Å². The van der Waals surface area contributed by atoms with Crippen molar-refractivity contribution >= 4 is 29.4 Å². The molecule has 6 nitrogen and oxygen atoms in total.